The molecule has 0 aliphatic rings. The van der Waals surface area contributed by atoms with E-state index in [-0.39, 0.29) is 16.8 Å². The molecule has 2 aromatic carbocycles. The van der Waals surface area contributed by atoms with Crippen LogP contribution >= 0.6 is 11.6 Å². The number of nitrogens with one attached hydrogen (secondary N) is 2. The van der Waals surface area contributed by atoms with Crippen LogP contribution in [0.25, 0.3) is 0 Å². The molecule has 0 saturated heterocycles. The monoisotopic (exact) mass is 426 g/mol. The van der Waals surface area contributed by atoms with Gasteiger partial charge in [-0.3, -0.25) is 9.52 Å². The predicted molar refractivity (Wildman–Crippen MR) is 109 cm³/mol. The second-order valence-electron chi connectivity index (χ2n) is 6.35. The third-order valence-corrected chi connectivity index (χ3v) is 5.34. The molecule has 9 heteroatoms. The second kappa shape index (κ2) is 9.16. The summed E-state index contributed by atoms with van der Waals surface area (Å²) in [5.41, 5.74) is 0.310. The number of halogens is 1. The van der Waals surface area contributed by atoms with Crippen LogP contribution in [0.3, 0.4) is 0 Å². The number of anilines is 1. The van der Waals surface area contributed by atoms with Crippen LogP contribution in [-0.2, 0) is 14.8 Å². The summed E-state index contributed by atoms with van der Waals surface area (Å²) in [4.78, 5) is 11.9. The van der Waals surface area contributed by atoms with E-state index in [9.17, 15) is 13.2 Å². The Morgan fingerprint density at radius 3 is 2.25 bits per heavy atom. The molecule has 28 heavy (non-hydrogen) atoms. The molecule has 152 valence electrons. The summed E-state index contributed by atoms with van der Waals surface area (Å²) in [6, 6.07) is 10.4. The van der Waals surface area contributed by atoms with Crippen LogP contribution in [0.1, 0.15) is 20.8 Å². The zero-order valence-corrected chi connectivity index (χ0v) is 17.6. The fourth-order valence-electron chi connectivity index (χ4n) is 2.30. The largest absolute Gasteiger partial charge is 0.495 e. The van der Waals surface area contributed by atoms with Crippen molar-refractivity contribution in [2.45, 2.75) is 37.8 Å². The maximum Gasteiger partial charge on any atom is 0.261 e. The van der Waals surface area contributed by atoms with Gasteiger partial charge in [0.1, 0.15) is 11.5 Å². The molecule has 2 N–H and O–H groups in total. The first-order valence-electron chi connectivity index (χ1n) is 8.56. The molecule has 0 fully saturated rings. The molecule has 2 rings (SSSR count). The molecule has 0 aliphatic carbocycles. The molecule has 0 aliphatic heterocycles. The van der Waals surface area contributed by atoms with Crippen molar-refractivity contribution in [3.63, 3.8) is 0 Å². The zero-order chi connectivity index (χ0) is 20.9. The minimum Gasteiger partial charge on any atom is -0.495 e. The van der Waals surface area contributed by atoms with E-state index in [0.717, 1.165) is 0 Å². The van der Waals surface area contributed by atoms with Gasteiger partial charge in [-0.1, -0.05) is 11.6 Å². The minimum absolute atomic E-state index is 0.00333. The highest BCUT2D eigenvalue weighted by atomic mass is 35.5. The molecule has 0 aromatic heterocycles. The maximum atomic E-state index is 12.5. The number of carbonyl (C=O) groups is 1. The Kier molecular flexibility index (Phi) is 7.15. The maximum absolute atomic E-state index is 12.5. The first kappa shape index (κ1) is 21.8. The SMILES string of the molecule is COc1ccc(NS(=O)(=O)c2ccc(O[C@@H](C)C(=O)NC(C)C)cc2)cc1Cl. The lowest BCUT2D eigenvalue weighted by Crippen LogP contribution is -2.40. The predicted octanol–water partition coefficient (Wildman–Crippen LogP) is 3.44. The van der Waals surface area contributed by atoms with Gasteiger partial charge in [-0.15, -0.1) is 0 Å². The standard InChI is InChI=1S/C19H23ClN2O5S/c1-12(2)21-19(23)13(3)27-15-6-8-16(9-7-15)28(24,25)22-14-5-10-18(26-4)17(20)11-14/h5-13,22H,1-4H3,(H,21,23)/t13-/m0/s1. The Bertz CT molecular complexity index is 930. The lowest BCUT2D eigenvalue weighted by atomic mass is 10.3. The topological polar surface area (TPSA) is 93.7 Å². The number of amides is 1. The van der Waals surface area contributed by atoms with E-state index < -0.39 is 16.1 Å². The van der Waals surface area contributed by atoms with Gasteiger partial charge in [0.05, 0.1) is 22.7 Å². The van der Waals surface area contributed by atoms with Crippen molar-refractivity contribution >= 4 is 33.2 Å². The molecular weight excluding hydrogens is 404 g/mol. The van der Waals surface area contributed by atoms with Crippen LogP contribution < -0.4 is 19.5 Å². The zero-order valence-electron chi connectivity index (χ0n) is 16.0. The van der Waals surface area contributed by atoms with Gasteiger partial charge in [-0.2, -0.15) is 0 Å². The van der Waals surface area contributed by atoms with Crippen molar-refractivity contribution in [1.82, 2.24) is 5.32 Å². The van der Waals surface area contributed by atoms with Gasteiger partial charge in [0.2, 0.25) is 0 Å². The highest BCUT2D eigenvalue weighted by molar-refractivity contribution is 7.92. The molecule has 2 aromatic rings. The summed E-state index contributed by atoms with van der Waals surface area (Å²) < 4.78 is 38.1. The molecule has 0 bridgehead atoms. The Labute approximate surface area is 170 Å². The Morgan fingerprint density at radius 1 is 1.07 bits per heavy atom. The highest BCUT2D eigenvalue weighted by Crippen LogP contribution is 2.28. The van der Waals surface area contributed by atoms with Crippen molar-refractivity contribution in [3.8, 4) is 11.5 Å². The van der Waals surface area contributed by atoms with Gasteiger partial charge in [-0.25, -0.2) is 8.42 Å². The summed E-state index contributed by atoms with van der Waals surface area (Å²) in [5.74, 6) is 0.587. The molecule has 0 saturated carbocycles. The number of ether oxygens (including phenoxy) is 2. The van der Waals surface area contributed by atoms with Crippen molar-refractivity contribution in [3.05, 3.63) is 47.5 Å². The molecule has 0 heterocycles. The Morgan fingerprint density at radius 2 is 1.71 bits per heavy atom. The lowest BCUT2D eigenvalue weighted by Gasteiger charge is -2.16. The number of carbonyl (C=O) groups excluding carboxylic acids is 1. The van der Waals surface area contributed by atoms with Crippen molar-refractivity contribution < 1.29 is 22.7 Å². The van der Waals surface area contributed by atoms with Crippen molar-refractivity contribution in [2.24, 2.45) is 0 Å². The van der Waals surface area contributed by atoms with Crippen molar-refractivity contribution in [1.29, 1.82) is 0 Å². The number of hydrogen-bond donors (Lipinski definition) is 2. The van der Waals surface area contributed by atoms with E-state index in [0.29, 0.717) is 22.2 Å². The summed E-state index contributed by atoms with van der Waals surface area (Å²) in [5, 5.41) is 3.04. The molecule has 1 amide bonds. The van der Waals surface area contributed by atoms with E-state index in [2.05, 4.69) is 10.0 Å². The van der Waals surface area contributed by atoms with E-state index in [1.54, 1.807) is 19.1 Å². The Hall–Kier alpha value is -2.45. The third-order valence-electron chi connectivity index (χ3n) is 3.65. The number of methoxy groups -OCH3 is 1. The Balaban J connectivity index is 2.09. The number of hydrogen-bond acceptors (Lipinski definition) is 5. The summed E-state index contributed by atoms with van der Waals surface area (Å²) in [6.45, 7) is 5.33. The average Bonchev–Trinajstić information content (AvgIpc) is 2.61. The van der Waals surface area contributed by atoms with Gasteiger partial charge in [0.25, 0.3) is 15.9 Å². The third kappa shape index (κ3) is 5.77. The molecule has 0 radical (unpaired) electrons. The van der Waals surface area contributed by atoms with E-state index >= 15 is 0 Å². The quantitative estimate of drug-likeness (QED) is 0.674. The number of sulfonamides is 1. The number of rotatable bonds is 8. The van der Waals surface area contributed by atoms with Crippen LogP contribution in [0, 0.1) is 0 Å². The van der Waals surface area contributed by atoms with Gasteiger partial charge in [0, 0.05) is 6.04 Å². The first-order valence-corrected chi connectivity index (χ1v) is 10.4. The molecule has 0 spiro atoms. The first-order chi connectivity index (χ1) is 13.1. The van der Waals surface area contributed by atoms with Crippen LogP contribution in [0.15, 0.2) is 47.4 Å². The van der Waals surface area contributed by atoms with Crippen LogP contribution in [0.2, 0.25) is 5.02 Å². The molecule has 1 atom stereocenters. The van der Waals surface area contributed by atoms with Crippen LogP contribution in [0.5, 0.6) is 11.5 Å². The van der Waals surface area contributed by atoms with Gasteiger partial charge in [0.15, 0.2) is 6.10 Å². The smallest absolute Gasteiger partial charge is 0.261 e. The van der Waals surface area contributed by atoms with Gasteiger partial charge < -0.3 is 14.8 Å². The van der Waals surface area contributed by atoms with Gasteiger partial charge in [-0.05, 0) is 63.2 Å². The lowest BCUT2D eigenvalue weighted by molar-refractivity contribution is -0.127. The second-order valence-corrected chi connectivity index (χ2v) is 8.44. The normalized spacial score (nSPS) is 12.4. The highest BCUT2D eigenvalue weighted by Gasteiger charge is 2.18. The molecule has 7 nitrogen and oxygen atoms in total. The fourth-order valence-corrected chi connectivity index (χ4v) is 3.61. The summed E-state index contributed by atoms with van der Waals surface area (Å²) in [7, 11) is -2.34. The number of benzene rings is 2. The molecule has 0 unspecified atom stereocenters. The van der Waals surface area contributed by atoms with E-state index in [1.807, 2.05) is 13.8 Å². The van der Waals surface area contributed by atoms with Crippen LogP contribution in [0.4, 0.5) is 5.69 Å². The van der Waals surface area contributed by atoms with E-state index in [1.165, 1.54) is 37.4 Å². The average molecular weight is 427 g/mol. The fraction of sp³-hybridized carbons (Fsp3) is 0.316. The van der Waals surface area contributed by atoms with Crippen LogP contribution in [-0.4, -0.2) is 33.6 Å². The van der Waals surface area contributed by atoms with Crippen molar-refractivity contribution in [2.75, 3.05) is 11.8 Å². The minimum atomic E-state index is -3.81. The summed E-state index contributed by atoms with van der Waals surface area (Å²) >= 11 is 6.02. The van der Waals surface area contributed by atoms with Gasteiger partial charge >= 0.3 is 0 Å². The van der Waals surface area contributed by atoms with E-state index in [4.69, 9.17) is 21.1 Å². The molecular formula is C19H23ClN2O5S. The summed E-state index contributed by atoms with van der Waals surface area (Å²) in [6.07, 6.45) is -0.704.